The highest BCUT2D eigenvalue weighted by Crippen LogP contribution is 2.30. The van der Waals surface area contributed by atoms with Crippen molar-refractivity contribution in [3.05, 3.63) is 81.3 Å². The van der Waals surface area contributed by atoms with Gasteiger partial charge in [-0.3, -0.25) is 9.59 Å². The molecule has 0 spiro atoms. The lowest BCUT2D eigenvalue weighted by molar-refractivity contribution is -0.127. The van der Waals surface area contributed by atoms with Crippen LogP contribution in [-0.2, 0) is 9.59 Å². The molecule has 0 atom stereocenters. The van der Waals surface area contributed by atoms with Gasteiger partial charge in [-0.2, -0.15) is 0 Å². The Hall–Kier alpha value is -3.13. The Morgan fingerprint density at radius 3 is 2.29 bits per heavy atom. The molecule has 156 valence electrons. The van der Waals surface area contributed by atoms with Gasteiger partial charge in [-0.1, -0.05) is 35.3 Å². The molecule has 4 rings (SSSR count). The molecule has 1 aliphatic heterocycles. The molecule has 9 heteroatoms. The van der Waals surface area contributed by atoms with Crippen LogP contribution in [0.25, 0.3) is 16.5 Å². The fraction of sp³-hybridized carbons (Fsp3) is 0.0455. The minimum atomic E-state index is -0.642. The van der Waals surface area contributed by atoms with Gasteiger partial charge in [0.05, 0.1) is 0 Å². The van der Waals surface area contributed by atoms with Crippen molar-refractivity contribution < 1.29 is 14.4 Å². The first-order valence-corrected chi connectivity index (χ1v) is 10.7. The van der Waals surface area contributed by atoms with Crippen molar-refractivity contribution in [1.29, 1.82) is 0 Å². The molecule has 2 N–H and O–H groups in total. The third-order valence-electron chi connectivity index (χ3n) is 4.43. The Morgan fingerprint density at radius 1 is 0.968 bits per heavy atom. The molecule has 3 aromatic rings. The number of imide groups is 1. The number of benzene rings is 2. The van der Waals surface area contributed by atoms with Crippen LogP contribution >= 0.6 is 34.5 Å². The molecule has 1 fully saturated rings. The summed E-state index contributed by atoms with van der Waals surface area (Å²) >= 11 is 13.2. The zero-order valence-corrected chi connectivity index (χ0v) is 18.2. The van der Waals surface area contributed by atoms with Gasteiger partial charge in [-0.25, -0.2) is 9.69 Å². The summed E-state index contributed by atoms with van der Waals surface area (Å²) in [6.07, 6.45) is 1.60. The molecule has 6 nitrogen and oxygen atoms in total. The number of hydrogen-bond donors (Lipinski definition) is 2. The van der Waals surface area contributed by atoms with E-state index in [2.05, 4.69) is 10.6 Å². The fourth-order valence-electron chi connectivity index (χ4n) is 2.93. The molecule has 4 amide bonds. The number of halogens is 2. The average molecular weight is 472 g/mol. The lowest BCUT2D eigenvalue weighted by Crippen LogP contribution is -2.38. The first-order chi connectivity index (χ1) is 14.9. The number of thiophene rings is 1. The monoisotopic (exact) mass is 471 g/mol. The summed E-state index contributed by atoms with van der Waals surface area (Å²) in [6, 6.07) is 17.1. The van der Waals surface area contributed by atoms with Gasteiger partial charge in [0.15, 0.2) is 0 Å². The first-order valence-electron chi connectivity index (χ1n) is 9.15. The summed E-state index contributed by atoms with van der Waals surface area (Å²) < 4.78 is 0. The molecule has 1 aliphatic rings. The number of carbonyl (C=O) groups is 3. The summed E-state index contributed by atoms with van der Waals surface area (Å²) in [7, 11) is 0. The molecule has 0 bridgehead atoms. The zero-order valence-electron chi connectivity index (χ0n) is 15.9. The van der Waals surface area contributed by atoms with E-state index in [0.29, 0.717) is 15.7 Å². The van der Waals surface area contributed by atoms with Crippen molar-refractivity contribution in [2.45, 2.75) is 0 Å². The molecule has 1 saturated heterocycles. The van der Waals surface area contributed by atoms with Crippen molar-refractivity contribution in [3.8, 4) is 10.4 Å². The standard InChI is InChI=1S/C22H15Cl2N3O3S/c23-14-3-1-13(2-4-14)19-10-9-17(31-19)11-18-21(29)27(22(30)26-18)12-20(28)25-16-7-5-15(24)6-8-16/h1-11H,12H2,(H,25,28)(H,26,30)/b18-11-. The molecule has 1 aromatic heterocycles. The van der Waals surface area contributed by atoms with Crippen LogP contribution in [0.3, 0.4) is 0 Å². The van der Waals surface area contributed by atoms with Crippen LogP contribution in [0.1, 0.15) is 4.88 Å². The summed E-state index contributed by atoms with van der Waals surface area (Å²) in [4.78, 5) is 39.8. The van der Waals surface area contributed by atoms with Crippen LogP contribution < -0.4 is 10.6 Å². The van der Waals surface area contributed by atoms with Crippen molar-refractivity contribution in [2.75, 3.05) is 11.9 Å². The predicted octanol–water partition coefficient (Wildman–Crippen LogP) is 5.25. The molecule has 2 heterocycles. The van der Waals surface area contributed by atoms with Gasteiger partial charge in [0, 0.05) is 25.5 Å². The fourth-order valence-corrected chi connectivity index (χ4v) is 4.14. The second-order valence-electron chi connectivity index (χ2n) is 6.64. The van der Waals surface area contributed by atoms with Gasteiger partial charge in [0.2, 0.25) is 5.91 Å². The van der Waals surface area contributed by atoms with Crippen molar-refractivity contribution >= 4 is 64.1 Å². The number of urea groups is 1. The van der Waals surface area contributed by atoms with Crippen LogP contribution in [0.5, 0.6) is 0 Å². The lowest BCUT2D eigenvalue weighted by Gasteiger charge is -2.11. The van der Waals surface area contributed by atoms with Gasteiger partial charge >= 0.3 is 6.03 Å². The number of nitrogens with zero attached hydrogens (tertiary/aromatic N) is 1. The lowest BCUT2D eigenvalue weighted by atomic mass is 10.2. The Labute approximate surface area is 192 Å². The van der Waals surface area contributed by atoms with Crippen LogP contribution in [0.15, 0.2) is 66.4 Å². The van der Waals surface area contributed by atoms with Crippen LogP contribution in [-0.4, -0.2) is 29.3 Å². The smallest absolute Gasteiger partial charge is 0.325 e. The van der Waals surface area contributed by atoms with E-state index in [1.807, 2.05) is 36.4 Å². The van der Waals surface area contributed by atoms with E-state index in [-0.39, 0.29) is 5.70 Å². The molecule has 0 unspecified atom stereocenters. The Morgan fingerprint density at radius 2 is 1.61 bits per heavy atom. The maximum Gasteiger partial charge on any atom is 0.329 e. The summed E-state index contributed by atoms with van der Waals surface area (Å²) in [5, 5.41) is 6.35. The predicted molar refractivity (Wildman–Crippen MR) is 123 cm³/mol. The number of anilines is 1. The molecule has 31 heavy (non-hydrogen) atoms. The number of hydrogen-bond acceptors (Lipinski definition) is 4. The highest BCUT2D eigenvalue weighted by atomic mass is 35.5. The third kappa shape index (κ3) is 4.96. The van der Waals surface area contributed by atoms with Gasteiger partial charge in [0.25, 0.3) is 5.91 Å². The second kappa shape index (κ2) is 8.93. The summed E-state index contributed by atoms with van der Waals surface area (Å²) in [5.74, 6) is -1.05. The van der Waals surface area contributed by atoms with Crippen LogP contribution in [0, 0.1) is 0 Å². The number of amides is 4. The molecular formula is C22H15Cl2N3O3S. The second-order valence-corrected chi connectivity index (χ2v) is 8.63. The van der Waals surface area contributed by atoms with E-state index in [4.69, 9.17) is 23.2 Å². The quantitative estimate of drug-likeness (QED) is 0.393. The van der Waals surface area contributed by atoms with Crippen LogP contribution in [0.2, 0.25) is 10.0 Å². The van der Waals surface area contributed by atoms with E-state index >= 15 is 0 Å². The largest absolute Gasteiger partial charge is 0.329 e. The van der Waals surface area contributed by atoms with E-state index in [1.54, 1.807) is 30.3 Å². The van der Waals surface area contributed by atoms with E-state index in [0.717, 1.165) is 20.2 Å². The molecule has 2 aromatic carbocycles. The first kappa shape index (κ1) is 21.1. The normalized spacial score (nSPS) is 14.8. The SMILES string of the molecule is O=C(CN1C(=O)N/C(=C\c2ccc(-c3ccc(Cl)cc3)s2)C1=O)Nc1ccc(Cl)cc1. The molecule has 0 saturated carbocycles. The van der Waals surface area contributed by atoms with Gasteiger partial charge < -0.3 is 10.6 Å². The number of nitrogens with one attached hydrogen (secondary N) is 2. The Kier molecular flexibility index (Phi) is 6.08. The van der Waals surface area contributed by atoms with Gasteiger partial charge in [0.1, 0.15) is 12.2 Å². The molecule has 0 radical (unpaired) electrons. The Balaban J connectivity index is 1.44. The minimum absolute atomic E-state index is 0.119. The topological polar surface area (TPSA) is 78.5 Å². The van der Waals surface area contributed by atoms with Crippen LogP contribution in [0.4, 0.5) is 10.5 Å². The Bertz CT molecular complexity index is 1190. The van der Waals surface area contributed by atoms with Gasteiger partial charge in [-0.15, -0.1) is 11.3 Å². The maximum absolute atomic E-state index is 12.6. The van der Waals surface area contributed by atoms with Crippen molar-refractivity contribution in [3.63, 3.8) is 0 Å². The van der Waals surface area contributed by atoms with E-state index in [9.17, 15) is 14.4 Å². The average Bonchev–Trinajstić information content (AvgIpc) is 3.31. The minimum Gasteiger partial charge on any atom is -0.325 e. The molecular weight excluding hydrogens is 457 g/mol. The highest BCUT2D eigenvalue weighted by Gasteiger charge is 2.35. The maximum atomic E-state index is 12.6. The number of rotatable bonds is 5. The number of carbonyl (C=O) groups excluding carboxylic acids is 3. The van der Waals surface area contributed by atoms with Gasteiger partial charge in [-0.05, 0) is 60.2 Å². The van der Waals surface area contributed by atoms with Crippen molar-refractivity contribution in [1.82, 2.24) is 10.2 Å². The summed E-state index contributed by atoms with van der Waals surface area (Å²) in [6.45, 7) is -0.398. The summed E-state index contributed by atoms with van der Waals surface area (Å²) in [5.41, 5.74) is 1.64. The van der Waals surface area contributed by atoms with Crippen molar-refractivity contribution in [2.24, 2.45) is 0 Å². The highest BCUT2D eigenvalue weighted by molar-refractivity contribution is 7.16. The molecule has 0 aliphatic carbocycles. The zero-order chi connectivity index (χ0) is 22.0. The van der Waals surface area contributed by atoms with E-state index in [1.165, 1.54) is 11.3 Å². The van der Waals surface area contributed by atoms with E-state index < -0.39 is 24.4 Å². The third-order valence-corrected chi connectivity index (χ3v) is 6.02.